The fraction of sp³-hybridized carbons (Fsp3) is 0.455. The van der Waals surface area contributed by atoms with E-state index >= 15 is 0 Å². The second-order valence-electron chi connectivity index (χ2n) is 4.36. The molecule has 0 aliphatic carbocycles. The standard InChI is InChI=1S/C11H12F4O/c1-10(2,3)16-9-6-7(11(13,14)15)4-5-8(9)12/h4-6H,1-3H3. The van der Waals surface area contributed by atoms with E-state index in [2.05, 4.69) is 0 Å². The first kappa shape index (κ1) is 12.8. The van der Waals surface area contributed by atoms with E-state index in [0.717, 1.165) is 6.07 Å². The van der Waals surface area contributed by atoms with Crippen molar-refractivity contribution < 1.29 is 22.3 Å². The summed E-state index contributed by atoms with van der Waals surface area (Å²) in [5.41, 5.74) is -1.67. The molecular formula is C11H12F4O. The summed E-state index contributed by atoms with van der Waals surface area (Å²) in [5.74, 6) is -1.19. The van der Waals surface area contributed by atoms with E-state index in [1.807, 2.05) is 0 Å². The average molecular weight is 236 g/mol. The molecule has 0 radical (unpaired) electrons. The van der Waals surface area contributed by atoms with Crippen LogP contribution in [0.1, 0.15) is 26.3 Å². The summed E-state index contributed by atoms with van der Waals surface area (Å²) < 4.78 is 55.4. The summed E-state index contributed by atoms with van der Waals surface area (Å²) in [6, 6.07) is 2.11. The highest BCUT2D eigenvalue weighted by molar-refractivity contribution is 5.32. The molecule has 1 aromatic carbocycles. The van der Waals surface area contributed by atoms with Crippen LogP contribution in [0.3, 0.4) is 0 Å². The van der Waals surface area contributed by atoms with Gasteiger partial charge >= 0.3 is 6.18 Å². The van der Waals surface area contributed by atoms with Gasteiger partial charge in [-0.25, -0.2) is 4.39 Å². The molecule has 1 aromatic rings. The topological polar surface area (TPSA) is 9.23 Å². The number of hydrogen-bond donors (Lipinski definition) is 0. The number of hydrogen-bond acceptors (Lipinski definition) is 1. The summed E-state index contributed by atoms with van der Waals surface area (Å²) in [7, 11) is 0. The quantitative estimate of drug-likeness (QED) is 0.669. The summed E-state index contributed by atoms with van der Waals surface area (Å²) in [6.07, 6.45) is -4.50. The molecule has 0 atom stereocenters. The number of ether oxygens (including phenoxy) is 1. The van der Waals surface area contributed by atoms with Gasteiger partial charge in [-0.1, -0.05) is 0 Å². The number of rotatable bonds is 1. The van der Waals surface area contributed by atoms with E-state index in [9.17, 15) is 17.6 Å². The molecule has 0 amide bonds. The molecule has 0 aliphatic heterocycles. The molecule has 0 N–H and O–H groups in total. The number of halogens is 4. The van der Waals surface area contributed by atoms with Gasteiger partial charge in [-0.3, -0.25) is 0 Å². The third-order valence-electron chi connectivity index (χ3n) is 1.67. The van der Waals surface area contributed by atoms with Gasteiger partial charge < -0.3 is 4.74 Å². The first-order chi connectivity index (χ1) is 7.09. The zero-order valence-corrected chi connectivity index (χ0v) is 9.15. The molecule has 1 nitrogen and oxygen atoms in total. The van der Waals surface area contributed by atoms with E-state index in [4.69, 9.17) is 4.74 Å². The second kappa shape index (κ2) is 3.96. The Morgan fingerprint density at radius 2 is 1.62 bits per heavy atom. The molecule has 0 bridgehead atoms. The Bertz CT molecular complexity index is 377. The lowest BCUT2D eigenvalue weighted by molar-refractivity contribution is -0.137. The molecule has 16 heavy (non-hydrogen) atoms. The monoisotopic (exact) mass is 236 g/mol. The maximum atomic E-state index is 13.2. The predicted octanol–water partition coefficient (Wildman–Crippen LogP) is 4.02. The van der Waals surface area contributed by atoms with Gasteiger partial charge in [0, 0.05) is 0 Å². The summed E-state index contributed by atoms with van der Waals surface area (Å²) in [6.45, 7) is 4.89. The molecule has 1 rings (SSSR count). The third kappa shape index (κ3) is 3.40. The minimum Gasteiger partial charge on any atom is -0.485 e. The highest BCUT2D eigenvalue weighted by Gasteiger charge is 2.31. The molecule has 0 aliphatic rings. The highest BCUT2D eigenvalue weighted by atomic mass is 19.4. The van der Waals surface area contributed by atoms with Crippen molar-refractivity contribution in [2.75, 3.05) is 0 Å². The van der Waals surface area contributed by atoms with Gasteiger partial charge in [-0.2, -0.15) is 13.2 Å². The van der Waals surface area contributed by atoms with Crippen molar-refractivity contribution in [3.05, 3.63) is 29.6 Å². The van der Waals surface area contributed by atoms with Gasteiger partial charge in [0.05, 0.1) is 5.56 Å². The Labute approximate surface area is 91.0 Å². The van der Waals surface area contributed by atoms with Crippen molar-refractivity contribution in [3.8, 4) is 5.75 Å². The number of alkyl halides is 3. The lowest BCUT2D eigenvalue weighted by Gasteiger charge is -2.22. The molecule has 90 valence electrons. The molecule has 0 heterocycles. The Morgan fingerprint density at radius 3 is 2.06 bits per heavy atom. The van der Waals surface area contributed by atoms with Crippen LogP contribution >= 0.6 is 0 Å². The first-order valence-corrected chi connectivity index (χ1v) is 4.65. The second-order valence-corrected chi connectivity index (χ2v) is 4.36. The van der Waals surface area contributed by atoms with Gasteiger partial charge in [0.1, 0.15) is 5.60 Å². The highest BCUT2D eigenvalue weighted by Crippen LogP contribution is 2.33. The average Bonchev–Trinajstić information content (AvgIpc) is 2.04. The van der Waals surface area contributed by atoms with Gasteiger partial charge in [0.2, 0.25) is 0 Å². The first-order valence-electron chi connectivity index (χ1n) is 4.65. The van der Waals surface area contributed by atoms with Crippen molar-refractivity contribution in [1.82, 2.24) is 0 Å². The van der Waals surface area contributed by atoms with Gasteiger partial charge in [0.25, 0.3) is 0 Å². The Morgan fingerprint density at radius 1 is 1.06 bits per heavy atom. The Kier molecular flexibility index (Phi) is 3.17. The van der Waals surface area contributed by atoms with Crippen molar-refractivity contribution in [2.45, 2.75) is 32.5 Å². The molecule has 0 aromatic heterocycles. The van der Waals surface area contributed by atoms with E-state index < -0.39 is 23.2 Å². The molecule has 0 saturated heterocycles. The zero-order valence-electron chi connectivity index (χ0n) is 9.15. The zero-order chi connectivity index (χ0) is 12.6. The Hall–Kier alpha value is -1.26. The molecule has 0 fully saturated rings. The smallest absolute Gasteiger partial charge is 0.416 e. The fourth-order valence-electron chi connectivity index (χ4n) is 1.09. The van der Waals surface area contributed by atoms with Crippen LogP contribution < -0.4 is 4.74 Å². The van der Waals surface area contributed by atoms with Crippen LogP contribution in [0.5, 0.6) is 5.75 Å². The number of benzene rings is 1. The van der Waals surface area contributed by atoms with Crippen LogP contribution in [0.25, 0.3) is 0 Å². The normalized spacial score (nSPS) is 12.7. The van der Waals surface area contributed by atoms with Crippen molar-refractivity contribution in [3.63, 3.8) is 0 Å². The molecule has 0 saturated carbocycles. The van der Waals surface area contributed by atoms with E-state index in [-0.39, 0.29) is 5.75 Å². The van der Waals surface area contributed by atoms with E-state index in [1.165, 1.54) is 0 Å². The van der Waals surface area contributed by atoms with Crippen LogP contribution in [-0.2, 0) is 6.18 Å². The summed E-state index contributed by atoms with van der Waals surface area (Å²) >= 11 is 0. The fourth-order valence-corrected chi connectivity index (χ4v) is 1.09. The van der Waals surface area contributed by atoms with Crippen LogP contribution in [0.4, 0.5) is 17.6 Å². The van der Waals surface area contributed by atoms with Crippen molar-refractivity contribution in [1.29, 1.82) is 0 Å². The molecule has 0 spiro atoms. The summed E-state index contributed by atoms with van der Waals surface area (Å²) in [5, 5.41) is 0. The molecular weight excluding hydrogens is 224 g/mol. The van der Waals surface area contributed by atoms with Crippen molar-refractivity contribution in [2.24, 2.45) is 0 Å². The lowest BCUT2D eigenvalue weighted by atomic mass is 10.1. The van der Waals surface area contributed by atoms with Crippen LogP contribution in [0.15, 0.2) is 18.2 Å². The predicted molar refractivity (Wildman–Crippen MR) is 51.8 cm³/mol. The van der Waals surface area contributed by atoms with Gasteiger partial charge in [-0.05, 0) is 39.0 Å². The van der Waals surface area contributed by atoms with E-state index in [0.29, 0.717) is 12.1 Å². The third-order valence-corrected chi connectivity index (χ3v) is 1.67. The molecule has 0 unspecified atom stereocenters. The van der Waals surface area contributed by atoms with Crippen LogP contribution in [0, 0.1) is 5.82 Å². The van der Waals surface area contributed by atoms with Crippen LogP contribution in [0.2, 0.25) is 0 Å². The largest absolute Gasteiger partial charge is 0.485 e. The van der Waals surface area contributed by atoms with E-state index in [1.54, 1.807) is 20.8 Å². The van der Waals surface area contributed by atoms with Crippen LogP contribution in [-0.4, -0.2) is 5.60 Å². The van der Waals surface area contributed by atoms with Crippen molar-refractivity contribution >= 4 is 0 Å². The summed E-state index contributed by atoms with van der Waals surface area (Å²) in [4.78, 5) is 0. The van der Waals surface area contributed by atoms with Gasteiger partial charge in [-0.15, -0.1) is 0 Å². The Balaban J connectivity index is 3.10. The van der Waals surface area contributed by atoms with Gasteiger partial charge in [0.15, 0.2) is 11.6 Å². The maximum Gasteiger partial charge on any atom is 0.416 e. The lowest BCUT2D eigenvalue weighted by Crippen LogP contribution is -2.23. The maximum absolute atomic E-state index is 13.2. The minimum atomic E-state index is -4.50. The molecule has 5 heteroatoms. The minimum absolute atomic E-state index is 0.387. The SMILES string of the molecule is CC(C)(C)Oc1cc(C(F)(F)F)ccc1F.